The second-order valence-corrected chi connectivity index (χ2v) is 3.94. The number of aromatic nitrogens is 2. The van der Waals surface area contributed by atoms with Gasteiger partial charge >= 0.3 is 0 Å². The largest absolute Gasteiger partial charge is 0.437 e. The first-order valence-electron chi connectivity index (χ1n) is 6.04. The second-order valence-electron chi connectivity index (χ2n) is 3.94. The van der Waals surface area contributed by atoms with E-state index in [0.717, 1.165) is 17.9 Å². The van der Waals surface area contributed by atoms with E-state index in [2.05, 4.69) is 28.3 Å². The van der Waals surface area contributed by atoms with E-state index in [1.165, 1.54) is 5.56 Å². The molecular weight excluding hydrogens is 226 g/mol. The van der Waals surface area contributed by atoms with Crippen LogP contribution >= 0.6 is 0 Å². The Balaban J connectivity index is 2.20. The summed E-state index contributed by atoms with van der Waals surface area (Å²) in [5, 5.41) is 3.04. The number of nitrogens with zero attached hydrogens (tertiary/aromatic N) is 2. The van der Waals surface area contributed by atoms with Gasteiger partial charge in [-0.15, -0.1) is 0 Å². The first-order chi connectivity index (χ1) is 8.83. The standard InChI is InChI=1S/C14H17N3O/c1-3-11-6-4-5-7-13(11)18-14-10-16-9-12(17-14)8-15-2/h4-7,9-10,15H,3,8H2,1-2H3. The molecule has 0 amide bonds. The van der Waals surface area contributed by atoms with Crippen molar-refractivity contribution in [3.63, 3.8) is 0 Å². The van der Waals surface area contributed by atoms with Crippen LogP contribution in [0.2, 0.25) is 0 Å². The maximum atomic E-state index is 5.79. The van der Waals surface area contributed by atoms with Crippen LogP contribution in [-0.4, -0.2) is 17.0 Å². The molecule has 2 rings (SSSR count). The molecule has 0 aliphatic carbocycles. The quantitative estimate of drug-likeness (QED) is 0.876. The van der Waals surface area contributed by atoms with Crippen LogP contribution < -0.4 is 10.1 Å². The van der Waals surface area contributed by atoms with Crippen molar-refractivity contribution in [3.8, 4) is 11.6 Å². The molecule has 94 valence electrons. The average Bonchev–Trinajstić information content (AvgIpc) is 2.40. The van der Waals surface area contributed by atoms with Crippen molar-refractivity contribution in [2.45, 2.75) is 19.9 Å². The zero-order valence-electron chi connectivity index (χ0n) is 10.7. The minimum absolute atomic E-state index is 0.531. The van der Waals surface area contributed by atoms with Gasteiger partial charge in [0.1, 0.15) is 5.75 Å². The van der Waals surface area contributed by atoms with Crippen molar-refractivity contribution in [2.24, 2.45) is 0 Å². The van der Waals surface area contributed by atoms with E-state index in [-0.39, 0.29) is 0 Å². The molecule has 4 nitrogen and oxygen atoms in total. The molecule has 0 aliphatic rings. The van der Waals surface area contributed by atoms with E-state index in [1.54, 1.807) is 12.4 Å². The summed E-state index contributed by atoms with van der Waals surface area (Å²) >= 11 is 0. The van der Waals surface area contributed by atoms with Crippen LogP contribution in [0.3, 0.4) is 0 Å². The summed E-state index contributed by atoms with van der Waals surface area (Å²) in [7, 11) is 1.88. The summed E-state index contributed by atoms with van der Waals surface area (Å²) in [6, 6.07) is 7.97. The Kier molecular flexibility index (Phi) is 4.25. The Morgan fingerprint density at radius 1 is 1.22 bits per heavy atom. The van der Waals surface area contributed by atoms with Gasteiger partial charge in [0, 0.05) is 12.7 Å². The molecule has 4 heteroatoms. The molecule has 18 heavy (non-hydrogen) atoms. The maximum Gasteiger partial charge on any atom is 0.238 e. The third-order valence-corrected chi connectivity index (χ3v) is 2.59. The zero-order valence-corrected chi connectivity index (χ0v) is 10.7. The summed E-state index contributed by atoms with van der Waals surface area (Å²) in [6.45, 7) is 2.78. The SMILES string of the molecule is CCc1ccccc1Oc1cncc(CNC)n1. The Morgan fingerprint density at radius 2 is 2.06 bits per heavy atom. The fourth-order valence-electron chi connectivity index (χ4n) is 1.71. The molecule has 0 bridgehead atoms. The number of para-hydroxylation sites is 1. The highest BCUT2D eigenvalue weighted by atomic mass is 16.5. The number of ether oxygens (including phenoxy) is 1. The maximum absolute atomic E-state index is 5.79. The monoisotopic (exact) mass is 243 g/mol. The molecule has 1 N–H and O–H groups in total. The van der Waals surface area contributed by atoms with E-state index in [9.17, 15) is 0 Å². The average molecular weight is 243 g/mol. The number of benzene rings is 1. The van der Waals surface area contributed by atoms with Gasteiger partial charge in [0.15, 0.2) is 0 Å². The number of aryl methyl sites for hydroxylation is 1. The molecule has 0 spiro atoms. The smallest absolute Gasteiger partial charge is 0.238 e. The third kappa shape index (κ3) is 3.05. The number of nitrogens with one attached hydrogen (secondary N) is 1. The molecule has 0 saturated heterocycles. The van der Waals surface area contributed by atoms with Crippen LogP contribution in [0.1, 0.15) is 18.2 Å². The van der Waals surface area contributed by atoms with E-state index < -0.39 is 0 Å². The number of hydrogen-bond acceptors (Lipinski definition) is 4. The van der Waals surface area contributed by atoms with E-state index in [0.29, 0.717) is 12.4 Å². The van der Waals surface area contributed by atoms with Crippen LogP contribution in [0.15, 0.2) is 36.7 Å². The topological polar surface area (TPSA) is 47.0 Å². The highest BCUT2D eigenvalue weighted by molar-refractivity contribution is 5.35. The predicted octanol–water partition coefficient (Wildman–Crippen LogP) is 2.55. The molecule has 1 aromatic carbocycles. The zero-order chi connectivity index (χ0) is 12.8. The third-order valence-electron chi connectivity index (χ3n) is 2.59. The fourth-order valence-corrected chi connectivity index (χ4v) is 1.71. The Hall–Kier alpha value is -1.94. The van der Waals surface area contributed by atoms with Gasteiger partial charge in [0.2, 0.25) is 5.88 Å². The van der Waals surface area contributed by atoms with Crippen LogP contribution in [0, 0.1) is 0 Å². The Bertz CT molecular complexity index is 514. The lowest BCUT2D eigenvalue weighted by atomic mass is 10.1. The van der Waals surface area contributed by atoms with Gasteiger partial charge in [-0.2, -0.15) is 0 Å². The number of rotatable bonds is 5. The first-order valence-corrected chi connectivity index (χ1v) is 6.04. The molecule has 1 aromatic heterocycles. The van der Waals surface area contributed by atoms with Gasteiger partial charge < -0.3 is 10.1 Å². The summed E-state index contributed by atoms with van der Waals surface area (Å²) in [5.74, 6) is 1.37. The van der Waals surface area contributed by atoms with Crippen molar-refractivity contribution < 1.29 is 4.74 Å². The molecule has 0 saturated carbocycles. The molecule has 0 radical (unpaired) electrons. The van der Waals surface area contributed by atoms with Gasteiger partial charge in [0.25, 0.3) is 0 Å². The molecule has 0 unspecified atom stereocenters. The van der Waals surface area contributed by atoms with Crippen molar-refractivity contribution in [2.75, 3.05) is 7.05 Å². The molecular formula is C14H17N3O. The summed E-state index contributed by atoms with van der Waals surface area (Å²) < 4.78 is 5.79. The Morgan fingerprint density at radius 3 is 2.83 bits per heavy atom. The van der Waals surface area contributed by atoms with E-state index in [1.807, 2.05) is 25.2 Å². The predicted molar refractivity (Wildman–Crippen MR) is 70.7 cm³/mol. The highest BCUT2D eigenvalue weighted by Crippen LogP contribution is 2.23. The van der Waals surface area contributed by atoms with Gasteiger partial charge in [-0.05, 0) is 25.1 Å². The summed E-state index contributed by atoms with van der Waals surface area (Å²) in [5.41, 5.74) is 2.03. The lowest BCUT2D eigenvalue weighted by molar-refractivity contribution is 0.452. The van der Waals surface area contributed by atoms with Crippen LogP contribution in [0.5, 0.6) is 11.6 Å². The second kappa shape index (κ2) is 6.12. The minimum Gasteiger partial charge on any atom is -0.437 e. The molecule has 0 aliphatic heterocycles. The van der Waals surface area contributed by atoms with Gasteiger partial charge in [0.05, 0.1) is 11.9 Å². The van der Waals surface area contributed by atoms with E-state index in [4.69, 9.17) is 4.74 Å². The lowest BCUT2D eigenvalue weighted by Gasteiger charge is -2.09. The molecule has 1 heterocycles. The van der Waals surface area contributed by atoms with Crippen molar-refractivity contribution in [1.82, 2.24) is 15.3 Å². The van der Waals surface area contributed by atoms with Crippen LogP contribution in [-0.2, 0) is 13.0 Å². The van der Waals surface area contributed by atoms with Gasteiger partial charge in [-0.1, -0.05) is 25.1 Å². The van der Waals surface area contributed by atoms with E-state index >= 15 is 0 Å². The van der Waals surface area contributed by atoms with Crippen molar-refractivity contribution >= 4 is 0 Å². The van der Waals surface area contributed by atoms with Gasteiger partial charge in [-0.25, -0.2) is 4.98 Å². The first kappa shape index (κ1) is 12.5. The van der Waals surface area contributed by atoms with Gasteiger partial charge in [-0.3, -0.25) is 4.98 Å². The van der Waals surface area contributed by atoms with Crippen LogP contribution in [0.25, 0.3) is 0 Å². The number of hydrogen-bond donors (Lipinski definition) is 1. The summed E-state index contributed by atoms with van der Waals surface area (Å²) in [6.07, 6.45) is 4.29. The van der Waals surface area contributed by atoms with Crippen molar-refractivity contribution in [3.05, 3.63) is 47.9 Å². The molecule has 0 atom stereocenters. The minimum atomic E-state index is 0.531. The Labute approximate surface area is 107 Å². The molecule has 2 aromatic rings. The highest BCUT2D eigenvalue weighted by Gasteiger charge is 2.04. The fraction of sp³-hybridized carbons (Fsp3) is 0.286. The van der Waals surface area contributed by atoms with Crippen molar-refractivity contribution in [1.29, 1.82) is 0 Å². The van der Waals surface area contributed by atoms with Crippen LogP contribution in [0.4, 0.5) is 0 Å². The molecule has 0 fully saturated rings. The lowest BCUT2D eigenvalue weighted by Crippen LogP contribution is -2.07. The normalized spacial score (nSPS) is 10.3. The summed E-state index contributed by atoms with van der Waals surface area (Å²) in [4.78, 5) is 8.51.